The lowest BCUT2D eigenvalue weighted by Crippen LogP contribution is -2.50. The van der Waals surface area contributed by atoms with Crippen LogP contribution >= 0.6 is 0 Å². The fourth-order valence-corrected chi connectivity index (χ4v) is 1.50. The van der Waals surface area contributed by atoms with Crippen LogP contribution in [0.25, 0.3) is 0 Å². The zero-order valence-corrected chi connectivity index (χ0v) is 10.9. The van der Waals surface area contributed by atoms with E-state index < -0.39 is 12.0 Å². The van der Waals surface area contributed by atoms with Crippen molar-refractivity contribution < 1.29 is 19.4 Å². The molecule has 1 unspecified atom stereocenters. The molecule has 0 aromatic carbocycles. The second-order valence-electron chi connectivity index (χ2n) is 4.12. The molecule has 2 N–H and O–H groups in total. The lowest BCUT2D eigenvalue weighted by Gasteiger charge is -2.30. The number of ether oxygens (including phenoxy) is 1. The van der Waals surface area contributed by atoms with Crippen LogP contribution in [0.4, 0.5) is 0 Å². The third-order valence-corrected chi connectivity index (χ3v) is 2.46. The molecule has 0 heterocycles. The number of hydrogen-bond acceptors (Lipinski definition) is 4. The van der Waals surface area contributed by atoms with Crippen molar-refractivity contribution in [2.75, 3.05) is 26.8 Å². The molecule has 6 heteroatoms. The van der Waals surface area contributed by atoms with Crippen LogP contribution < -0.4 is 5.32 Å². The van der Waals surface area contributed by atoms with E-state index in [9.17, 15) is 9.59 Å². The van der Waals surface area contributed by atoms with Crippen LogP contribution in [0.15, 0.2) is 0 Å². The first-order chi connectivity index (χ1) is 7.90. The first-order valence-electron chi connectivity index (χ1n) is 5.64. The van der Waals surface area contributed by atoms with Gasteiger partial charge in [0.1, 0.15) is 0 Å². The smallest absolute Gasteiger partial charge is 0.317 e. The molecule has 17 heavy (non-hydrogen) atoms. The van der Waals surface area contributed by atoms with Crippen molar-refractivity contribution in [2.45, 2.75) is 32.9 Å². The highest BCUT2D eigenvalue weighted by Crippen LogP contribution is 2.05. The Morgan fingerprint density at radius 2 is 1.94 bits per heavy atom. The van der Waals surface area contributed by atoms with Gasteiger partial charge in [-0.3, -0.25) is 14.5 Å². The number of amides is 1. The number of aliphatic carboxylic acids is 1. The zero-order chi connectivity index (χ0) is 13.4. The highest BCUT2D eigenvalue weighted by Gasteiger charge is 2.25. The Morgan fingerprint density at radius 3 is 2.35 bits per heavy atom. The topological polar surface area (TPSA) is 78.9 Å². The Kier molecular flexibility index (Phi) is 7.49. The molecular formula is C11H22N2O4. The quantitative estimate of drug-likeness (QED) is 0.586. The third-order valence-electron chi connectivity index (χ3n) is 2.46. The average Bonchev–Trinajstić information content (AvgIpc) is 2.24. The molecule has 0 radical (unpaired) electrons. The number of carbonyl (C=O) groups excluding carboxylic acids is 1. The predicted molar refractivity (Wildman–Crippen MR) is 63.8 cm³/mol. The molecule has 0 saturated heterocycles. The number of carbonyl (C=O) groups is 2. The molecule has 0 rings (SSSR count). The Morgan fingerprint density at radius 1 is 1.35 bits per heavy atom. The second-order valence-corrected chi connectivity index (χ2v) is 4.12. The summed E-state index contributed by atoms with van der Waals surface area (Å²) in [5, 5.41) is 11.5. The van der Waals surface area contributed by atoms with Crippen molar-refractivity contribution in [2.24, 2.45) is 0 Å². The van der Waals surface area contributed by atoms with Crippen LogP contribution in [0.2, 0.25) is 0 Å². The van der Waals surface area contributed by atoms with E-state index in [2.05, 4.69) is 5.32 Å². The Balaban J connectivity index is 4.34. The van der Waals surface area contributed by atoms with Gasteiger partial charge >= 0.3 is 5.97 Å². The normalized spacial score (nSPS) is 12.8. The van der Waals surface area contributed by atoms with E-state index in [-0.39, 0.29) is 18.5 Å². The zero-order valence-electron chi connectivity index (χ0n) is 10.9. The Labute approximate surface area is 102 Å². The minimum atomic E-state index is -0.935. The molecule has 0 saturated carbocycles. The van der Waals surface area contributed by atoms with Crippen molar-refractivity contribution in [3.8, 4) is 0 Å². The predicted octanol–water partition coefficient (Wildman–Crippen LogP) is -0.0675. The summed E-state index contributed by atoms with van der Waals surface area (Å²) in [4.78, 5) is 24.1. The van der Waals surface area contributed by atoms with E-state index in [4.69, 9.17) is 9.84 Å². The molecule has 0 aliphatic heterocycles. The molecule has 0 bridgehead atoms. The summed E-state index contributed by atoms with van der Waals surface area (Å²) in [7, 11) is 1.56. The first-order valence-corrected chi connectivity index (χ1v) is 5.64. The first kappa shape index (κ1) is 15.9. The van der Waals surface area contributed by atoms with Crippen LogP contribution in [-0.2, 0) is 14.3 Å². The maximum Gasteiger partial charge on any atom is 0.317 e. The van der Waals surface area contributed by atoms with E-state index in [0.29, 0.717) is 13.2 Å². The molecule has 1 atom stereocenters. The highest BCUT2D eigenvalue weighted by molar-refractivity contribution is 5.82. The summed E-state index contributed by atoms with van der Waals surface area (Å²) >= 11 is 0. The van der Waals surface area contributed by atoms with Crippen molar-refractivity contribution in [1.29, 1.82) is 0 Å². The summed E-state index contributed by atoms with van der Waals surface area (Å²) < 4.78 is 4.82. The van der Waals surface area contributed by atoms with Gasteiger partial charge in [0.15, 0.2) is 0 Å². The summed E-state index contributed by atoms with van der Waals surface area (Å²) in [5.74, 6) is -1.12. The minimum absolute atomic E-state index is 0.00530. The molecule has 0 aromatic heterocycles. The van der Waals surface area contributed by atoms with Crippen molar-refractivity contribution in [3.05, 3.63) is 0 Å². The number of rotatable bonds is 8. The number of methoxy groups -OCH3 is 1. The van der Waals surface area contributed by atoms with E-state index in [1.165, 1.54) is 0 Å². The molecule has 0 fully saturated rings. The van der Waals surface area contributed by atoms with Gasteiger partial charge in [0, 0.05) is 19.7 Å². The molecule has 1 amide bonds. The van der Waals surface area contributed by atoms with Crippen molar-refractivity contribution in [3.63, 3.8) is 0 Å². The molecule has 0 aliphatic carbocycles. The van der Waals surface area contributed by atoms with Gasteiger partial charge < -0.3 is 15.2 Å². The summed E-state index contributed by atoms with van der Waals surface area (Å²) in [6.45, 7) is 6.16. The number of carboxylic acids is 1. The molecule has 0 spiro atoms. The largest absolute Gasteiger partial charge is 0.480 e. The van der Waals surface area contributed by atoms with E-state index in [1.807, 2.05) is 13.8 Å². The number of hydrogen-bond donors (Lipinski definition) is 2. The van der Waals surface area contributed by atoms with Crippen LogP contribution in [0, 0.1) is 0 Å². The lowest BCUT2D eigenvalue weighted by molar-refractivity contribution is -0.140. The van der Waals surface area contributed by atoms with Gasteiger partial charge in [-0.1, -0.05) is 0 Å². The third kappa shape index (κ3) is 6.23. The standard InChI is InChI=1S/C11H22N2O4/c1-8(2)13(7-10(14)15)9(3)11(16)12-5-6-17-4/h8-9H,5-7H2,1-4H3,(H,12,16)(H,14,15). The number of carboxylic acid groups (broad SMARTS) is 1. The van der Waals surface area contributed by atoms with Gasteiger partial charge in [-0.15, -0.1) is 0 Å². The van der Waals surface area contributed by atoms with Crippen molar-refractivity contribution in [1.82, 2.24) is 10.2 Å². The Hall–Kier alpha value is -1.14. The summed E-state index contributed by atoms with van der Waals surface area (Å²) in [6.07, 6.45) is 0. The van der Waals surface area contributed by atoms with Crippen LogP contribution in [0.1, 0.15) is 20.8 Å². The molecule has 100 valence electrons. The van der Waals surface area contributed by atoms with E-state index in [1.54, 1.807) is 18.9 Å². The SMILES string of the molecule is COCCNC(=O)C(C)N(CC(=O)O)C(C)C. The number of nitrogens with zero attached hydrogens (tertiary/aromatic N) is 1. The fraction of sp³-hybridized carbons (Fsp3) is 0.818. The minimum Gasteiger partial charge on any atom is -0.480 e. The summed E-state index contributed by atoms with van der Waals surface area (Å²) in [6, 6.07) is -0.475. The highest BCUT2D eigenvalue weighted by atomic mass is 16.5. The van der Waals surface area contributed by atoms with Gasteiger partial charge in [0.25, 0.3) is 0 Å². The molecule has 6 nitrogen and oxygen atoms in total. The molecule has 0 aromatic rings. The fourth-order valence-electron chi connectivity index (χ4n) is 1.50. The second kappa shape index (κ2) is 8.03. The van der Waals surface area contributed by atoms with Crippen LogP contribution in [0.3, 0.4) is 0 Å². The Bertz CT molecular complexity index is 256. The lowest BCUT2D eigenvalue weighted by atomic mass is 10.2. The average molecular weight is 246 g/mol. The molecular weight excluding hydrogens is 224 g/mol. The van der Waals surface area contributed by atoms with Crippen LogP contribution in [0.5, 0.6) is 0 Å². The van der Waals surface area contributed by atoms with Gasteiger partial charge in [-0.05, 0) is 20.8 Å². The van der Waals surface area contributed by atoms with Gasteiger partial charge in [0.05, 0.1) is 19.2 Å². The maximum atomic E-state index is 11.7. The van der Waals surface area contributed by atoms with Gasteiger partial charge in [-0.25, -0.2) is 0 Å². The molecule has 0 aliphatic rings. The van der Waals surface area contributed by atoms with Crippen molar-refractivity contribution >= 4 is 11.9 Å². The van der Waals surface area contributed by atoms with E-state index in [0.717, 1.165) is 0 Å². The van der Waals surface area contributed by atoms with Gasteiger partial charge in [0.2, 0.25) is 5.91 Å². The van der Waals surface area contributed by atoms with E-state index >= 15 is 0 Å². The monoisotopic (exact) mass is 246 g/mol. The van der Waals surface area contributed by atoms with Gasteiger partial charge in [-0.2, -0.15) is 0 Å². The summed E-state index contributed by atoms with van der Waals surface area (Å²) in [5.41, 5.74) is 0. The number of nitrogens with one attached hydrogen (secondary N) is 1. The van der Waals surface area contributed by atoms with Crippen LogP contribution in [-0.4, -0.2) is 60.8 Å². The maximum absolute atomic E-state index is 11.7.